The van der Waals surface area contributed by atoms with Gasteiger partial charge in [-0.2, -0.15) is 0 Å². The first-order valence-corrected chi connectivity index (χ1v) is 9.47. The van der Waals surface area contributed by atoms with E-state index in [4.69, 9.17) is 4.74 Å². The average Bonchev–Trinajstić information content (AvgIpc) is 3.15. The Morgan fingerprint density at radius 3 is 2.03 bits per heavy atom. The zero-order valence-corrected chi connectivity index (χ0v) is 16.0. The molecule has 0 amide bonds. The maximum Gasteiger partial charge on any atom is 0.234 e. The van der Waals surface area contributed by atoms with Gasteiger partial charge in [-0.3, -0.25) is 4.57 Å². The summed E-state index contributed by atoms with van der Waals surface area (Å²) >= 11 is 0. The maximum atomic E-state index is 5.52. The van der Waals surface area contributed by atoms with E-state index in [1.54, 1.807) is 19.5 Å². The van der Waals surface area contributed by atoms with Crippen LogP contribution in [0.2, 0.25) is 0 Å². The van der Waals surface area contributed by atoms with Crippen LogP contribution in [0.25, 0.3) is 39.2 Å². The Labute approximate surface area is 169 Å². The van der Waals surface area contributed by atoms with Crippen LogP contribution in [0.1, 0.15) is 0 Å². The lowest BCUT2D eigenvalue weighted by Gasteiger charge is -2.11. The van der Waals surface area contributed by atoms with Crippen molar-refractivity contribution in [2.75, 3.05) is 7.11 Å². The summed E-state index contributed by atoms with van der Waals surface area (Å²) in [5.74, 6) is 1.43. The van der Waals surface area contributed by atoms with Gasteiger partial charge in [-0.25, -0.2) is 9.97 Å². The van der Waals surface area contributed by atoms with Crippen molar-refractivity contribution in [2.45, 2.75) is 0 Å². The lowest BCUT2D eigenvalue weighted by atomic mass is 9.98. The molecule has 0 unspecified atom stereocenters. The maximum absolute atomic E-state index is 5.52. The van der Waals surface area contributed by atoms with Gasteiger partial charge in [0, 0.05) is 29.4 Å². The highest BCUT2D eigenvalue weighted by Crippen LogP contribution is 2.42. The van der Waals surface area contributed by atoms with Crippen LogP contribution in [0, 0.1) is 0 Å². The van der Waals surface area contributed by atoms with E-state index in [2.05, 4.69) is 69.1 Å². The summed E-state index contributed by atoms with van der Waals surface area (Å²) in [6.07, 6.45) is 3.54. The van der Waals surface area contributed by atoms with Crippen LogP contribution >= 0.6 is 0 Å². The molecule has 0 aliphatic carbocycles. The van der Waals surface area contributed by atoms with Crippen molar-refractivity contribution >= 4 is 10.9 Å². The van der Waals surface area contributed by atoms with Gasteiger partial charge in [0.15, 0.2) is 0 Å². The van der Waals surface area contributed by atoms with Crippen LogP contribution < -0.4 is 4.74 Å². The SMILES string of the molecule is COc1ccc2c(-c3ccccc3)c(-c3ccccc3)n(-c3ncccn3)c2c1. The fourth-order valence-corrected chi connectivity index (χ4v) is 3.78. The highest BCUT2D eigenvalue weighted by molar-refractivity contribution is 6.05. The predicted molar refractivity (Wildman–Crippen MR) is 116 cm³/mol. The van der Waals surface area contributed by atoms with Crippen LogP contribution in [0.5, 0.6) is 5.75 Å². The van der Waals surface area contributed by atoms with E-state index < -0.39 is 0 Å². The minimum Gasteiger partial charge on any atom is -0.497 e. The first kappa shape index (κ1) is 17.2. The second kappa shape index (κ2) is 7.24. The molecule has 0 N–H and O–H groups in total. The summed E-state index contributed by atoms with van der Waals surface area (Å²) in [6.45, 7) is 0. The molecule has 3 aromatic carbocycles. The minimum atomic E-state index is 0.631. The molecule has 0 radical (unpaired) electrons. The van der Waals surface area contributed by atoms with Gasteiger partial charge < -0.3 is 4.74 Å². The first-order chi connectivity index (χ1) is 14.4. The number of hydrogen-bond donors (Lipinski definition) is 0. The molecule has 5 rings (SSSR count). The molecule has 4 nitrogen and oxygen atoms in total. The van der Waals surface area contributed by atoms with Gasteiger partial charge in [0.2, 0.25) is 5.95 Å². The van der Waals surface area contributed by atoms with E-state index in [1.807, 2.05) is 30.3 Å². The molecule has 0 fully saturated rings. The van der Waals surface area contributed by atoms with Crippen molar-refractivity contribution in [2.24, 2.45) is 0 Å². The summed E-state index contributed by atoms with van der Waals surface area (Å²) in [7, 11) is 1.68. The summed E-state index contributed by atoms with van der Waals surface area (Å²) in [6, 6.07) is 28.8. The minimum absolute atomic E-state index is 0.631. The summed E-state index contributed by atoms with van der Waals surface area (Å²) in [4.78, 5) is 9.12. The van der Waals surface area contributed by atoms with Crippen molar-refractivity contribution in [3.8, 4) is 34.1 Å². The van der Waals surface area contributed by atoms with Gasteiger partial charge in [-0.15, -0.1) is 0 Å². The lowest BCUT2D eigenvalue weighted by Crippen LogP contribution is -2.02. The molecule has 0 saturated heterocycles. The van der Waals surface area contributed by atoms with Crippen LogP contribution in [-0.4, -0.2) is 21.6 Å². The first-order valence-electron chi connectivity index (χ1n) is 9.47. The second-order valence-electron chi connectivity index (χ2n) is 6.72. The molecule has 0 bridgehead atoms. The highest BCUT2D eigenvalue weighted by atomic mass is 16.5. The zero-order chi connectivity index (χ0) is 19.6. The molecule has 2 heterocycles. The van der Waals surface area contributed by atoms with Gasteiger partial charge in [-0.1, -0.05) is 60.7 Å². The second-order valence-corrected chi connectivity index (χ2v) is 6.72. The number of rotatable bonds is 4. The Kier molecular flexibility index (Phi) is 4.30. The number of aromatic nitrogens is 3. The molecular weight excluding hydrogens is 358 g/mol. The van der Waals surface area contributed by atoms with Gasteiger partial charge in [0.25, 0.3) is 0 Å². The van der Waals surface area contributed by atoms with Crippen molar-refractivity contribution in [1.29, 1.82) is 0 Å². The van der Waals surface area contributed by atoms with Gasteiger partial charge in [0.1, 0.15) is 5.75 Å². The van der Waals surface area contributed by atoms with Crippen molar-refractivity contribution in [1.82, 2.24) is 14.5 Å². The molecule has 0 aliphatic rings. The number of hydrogen-bond acceptors (Lipinski definition) is 3. The molecule has 29 heavy (non-hydrogen) atoms. The molecule has 4 heteroatoms. The lowest BCUT2D eigenvalue weighted by molar-refractivity contribution is 0.415. The largest absolute Gasteiger partial charge is 0.497 e. The molecule has 0 atom stereocenters. The van der Waals surface area contributed by atoms with Crippen molar-refractivity contribution in [3.05, 3.63) is 97.3 Å². The Bertz CT molecular complexity index is 1260. The van der Waals surface area contributed by atoms with E-state index in [0.29, 0.717) is 5.95 Å². The van der Waals surface area contributed by atoms with E-state index in [0.717, 1.165) is 39.0 Å². The third kappa shape index (κ3) is 2.95. The third-order valence-electron chi connectivity index (χ3n) is 5.04. The Morgan fingerprint density at radius 1 is 0.724 bits per heavy atom. The molecule has 140 valence electrons. The summed E-state index contributed by atoms with van der Waals surface area (Å²) < 4.78 is 7.64. The Morgan fingerprint density at radius 2 is 1.38 bits per heavy atom. The standard InChI is InChI=1S/C25H19N3O/c1-29-20-13-14-21-22(17-20)28(25-26-15-8-16-27-25)24(19-11-6-3-7-12-19)23(21)18-9-4-2-5-10-18/h2-17H,1H3. The van der Waals surface area contributed by atoms with E-state index in [9.17, 15) is 0 Å². The van der Waals surface area contributed by atoms with Gasteiger partial charge in [-0.05, 0) is 29.3 Å². The Balaban J connectivity index is 1.97. The quantitative estimate of drug-likeness (QED) is 0.400. The molecule has 5 aromatic rings. The highest BCUT2D eigenvalue weighted by Gasteiger charge is 2.22. The normalized spacial score (nSPS) is 10.9. The summed E-state index contributed by atoms with van der Waals surface area (Å²) in [5.41, 5.74) is 5.48. The number of ether oxygens (including phenoxy) is 1. The smallest absolute Gasteiger partial charge is 0.234 e. The van der Waals surface area contributed by atoms with Gasteiger partial charge in [0.05, 0.1) is 18.3 Å². The number of methoxy groups -OCH3 is 1. The third-order valence-corrected chi connectivity index (χ3v) is 5.04. The molecule has 0 aliphatic heterocycles. The van der Waals surface area contributed by atoms with E-state index in [1.165, 1.54) is 0 Å². The monoisotopic (exact) mass is 377 g/mol. The molecule has 2 aromatic heterocycles. The van der Waals surface area contributed by atoms with Crippen LogP contribution in [0.4, 0.5) is 0 Å². The average molecular weight is 377 g/mol. The fraction of sp³-hybridized carbons (Fsp3) is 0.0400. The van der Waals surface area contributed by atoms with Crippen molar-refractivity contribution < 1.29 is 4.74 Å². The Hall–Kier alpha value is -3.92. The predicted octanol–water partition coefficient (Wildman–Crippen LogP) is 5.76. The van der Waals surface area contributed by atoms with Crippen LogP contribution in [0.15, 0.2) is 97.3 Å². The van der Waals surface area contributed by atoms with Crippen LogP contribution in [0.3, 0.4) is 0 Å². The van der Waals surface area contributed by atoms with Gasteiger partial charge >= 0.3 is 0 Å². The molecule has 0 spiro atoms. The number of benzene rings is 3. The summed E-state index contributed by atoms with van der Waals surface area (Å²) in [5, 5.41) is 1.13. The molecule has 0 saturated carbocycles. The topological polar surface area (TPSA) is 39.9 Å². The number of fused-ring (bicyclic) bond motifs is 1. The van der Waals surface area contributed by atoms with Crippen LogP contribution in [-0.2, 0) is 0 Å². The number of nitrogens with zero attached hydrogens (tertiary/aromatic N) is 3. The molecular formula is C25H19N3O. The van der Waals surface area contributed by atoms with E-state index in [-0.39, 0.29) is 0 Å². The van der Waals surface area contributed by atoms with Crippen molar-refractivity contribution in [3.63, 3.8) is 0 Å². The zero-order valence-electron chi connectivity index (χ0n) is 16.0. The van der Waals surface area contributed by atoms with E-state index >= 15 is 0 Å². The fourth-order valence-electron chi connectivity index (χ4n) is 3.78.